The van der Waals surface area contributed by atoms with Crippen molar-refractivity contribution in [1.29, 1.82) is 0 Å². The van der Waals surface area contributed by atoms with E-state index in [1.165, 1.54) is 6.42 Å². The highest BCUT2D eigenvalue weighted by Gasteiger charge is 2.21. The van der Waals surface area contributed by atoms with E-state index in [9.17, 15) is 9.90 Å². The van der Waals surface area contributed by atoms with E-state index in [0.29, 0.717) is 29.1 Å². The number of likely N-dealkylation sites (tertiary alicyclic amines) is 1. The summed E-state index contributed by atoms with van der Waals surface area (Å²) in [5.41, 5.74) is 0.988. The van der Waals surface area contributed by atoms with Gasteiger partial charge in [-0.3, -0.25) is 9.69 Å². The first kappa shape index (κ1) is 13.2. The van der Waals surface area contributed by atoms with Crippen LogP contribution in [0.15, 0.2) is 29.1 Å². The van der Waals surface area contributed by atoms with Crippen LogP contribution < -0.4 is 5.56 Å². The number of aromatic hydroxyl groups is 1. The third kappa shape index (κ3) is 2.31. The molecule has 0 unspecified atom stereocenters. The Morgan fingerprint density at radius 2 is 2.15 bits per heavy atom. The molecule has 2 heterocycles. The molecule has 2 aromatic rings. The van der Waals surface area contributed by atoms with E-state index in [4.69, 9.17) is 0 Å². The Labute approximate surface area is 118 Å². The first-order valence-electron chi connectivity index (χ1n) is 7.23. The van der Waals surface area contributed by atoms with Gasteiger partial charge in [0.1, 0.15) is 5.75 Å². The molecule has 0 amide bonds. The van der Waals surface area contributed by atoms with E-state index in [-0.39, 0.29) is 11.3 Å². The van der Waals surface area contributed by atoms with Crippen LogP contribution in [0, 0.1) is 0 Å². The first-order chi connectivity index (χ1) is 9.66. The Kier molecular flexibility index (Phi) is 3.49. The molecule has 3 rings (SSSR count). The maximum Gasteiger partial charge on any atom is 0.256 e. The largest absolute Gasteiger partial charge is 0.507 e. The van der Waals surface area contributed by atoms with Crippen LogP contribution in [0.3, 0.4) is 0 Å². The Hall–Kier alpha value is -1.81. The molecular weight excluding hydrogens is 252 g/mol. The number of fused-ring (bicyclic) bond motifs is 1. The lowest BCUT2D eigenvalue weighted by Gasteiger charge is -2.33. The maximum absolute atomic E-state index is 12.2. The summed E-state index contributed by atoms with van der Waals surface area (Å²) in [7, 11) is 0. The third-order valence-electron chi connectivity index (χ3n) is 4.29. The molecule has 0 aliphatic carbocycles. The molecule has 106 valence electrons. The highest BCUT2D eigenvalue weighted by molar-refractivity contribution is 5.85. The SMILES string of the molecule is C[C@@H]1CCCCN1Cc1c(O)c2ccccc2[nH]c1=O. The molecular formula is C16H20N2O2. The van der Waals surface area contributed by atoms with Crippen molar-refractivity contribution >= 4 is 10.9 Å². The minimum absolute atomic E-state index is 0.127. The van der Waals surface area contributed by atoms with E-state index in [1.807, 2.05) is 24.3 Å². The molecule has 0 saturated carbocycles. The highest BCUT2D eigenvalue weighted by atomic mass is 16.3. The summed E-state index contributed by atoms with van der Waals surface area (Å²) in [5.74, 6) is 0.127. The predicted molar refractivity (Wildman–Crippen MR) is 80.0 cm³/mol. The van der Waals surface area contributed by atoms with E-state index < -0.39 is 0 Å². The number of aromatic nitrogens is 1. The second kappa shape index (κ2) is 5.29. The van der Waals surface area contributed by atoms with Gasteiger partial charge < -0.3 is 10.1 Å². The quantitative estimate of drug-likeness (QED) is 0.883. The van der Waals surface area contributed by atoms with Crippen LogP contribution in [0.25, 0.3) is 10.9 Å². The van der Waals surface area contributed by atoms with Gasteiger partial charge in [0.05, 0.1) is 11.1 Å². The number of pyridine rings is 1. The predicted octanol–water partition coefficient (Wildman–Crippen LogP) is 2.61. The van der Waals surface area contributed by atoms with E-state index >= 15 is 0 Å². The lowest BCUT2D eigenvalue weighted by molar-refractivity contribution is 0.151. The molecule has 0 spiro atoms. The molecule has 1 fully saturated rings. The molecule has 1 atom stereocenters. The third-order valence-corrected chi connectivity index (χ3v) is 4.29. The second-order valence-corrected chi connectivity index (χ2v) is 5.64. The van der Waals surface area contributed by atoms with Crippen molar-refractivity contribution in [3.63, 3.8) is 0 Å². The number of H-pyrrole nitrogens is 1. The Morgan fingerprint density at radius 3 is 2.95 bits per heavy atom. The topological polar surface area (TPSA) is 56.3 Å². The number of nitrogens with zero attached hydrogens (tertiary/aromatic N) is 1. The van der Waals surface area contributed by atoms with Crippen molar-refractivity contribution in [3.05, 3.63) is 40.2 Å². The van der Waals surface area contributed by atoms with Crippen molar-refractivity contribution in [2.75, 3.05) is 6.54 Å². The molecule has 1 aromatic heterocycles. The molecule has 1 aliphatic heterocycles. The molecule has 2 N–H and O–H groups in total. The van der Waals surface area contributed by atoms with Crippen LogP contribution >= 0.6 is 0 Å². The minimum atomic E-state index is -0.182. The van der Waals surface area contributed by atoms with E-state index in [0.717, 1.165) is 19.4 Å². The smallest absolute Gasteiger partial charge is 0.256 e. The first-order valence-corrected chi connectivity index (χ1v) is 7.23. The molecule has 1 saturated heterocycles. The number of aromatic amines is 1. The monoisotopic (exact) mass is 272 g/mol. The Bertz CT molecular complexity index is 678. The van der Waals surface area contributed by atoms with Gasteiger partial charge in [-0.25, -0.2) is 0 Å². The second-order valence-electron chi connectivity index (χ2n) is 5.64. The molecule has 4 nitrogen and oxygen atoms in total. The Morgan fingerprint density at radius 1 is 1.35 bits per heavy atom. The standard InChI is InChI=1S/C16H20N2O2/c1-11-6-4-5-9-18(11)10-13-15(19)12-7-2-3-8-14(12)17-16(13)20/h2-3,7-8,11H,4-6,9-10H2,1H3,(H2,17,19,20)/t11-/m1/s1. The lowest BCUT2D eigenvalue weighted by Crippen LogP contribution is -2.38. The van der Waals surface area contributed by atoms with Gasteiger partial charge in [-0.15, -0.1) is 0 Å². The summed E-state index contributed by atoms with van der Waals surface area (Å²) < 4.78 is 0. The maximum atomic E-state index is 12.2. The van der Waals surface area contributed by atoms with Crippen LogP contribution in [-0.4, -0.2) is 27.6 Å². The molecule has 20 heavy (non-hydrogen) atoms. The average Bonchev–Trinajstić information content (AvgIpc) is 2.45. The number of piperidine rings is 1. The normalized spacial score (nSPS) is 20.4. The van der Waals surface area contributed by atoms with Gasteiger partial charge in [0.2, 0.25) is 0 Å². The van der Waals surface area contributed by atoms with Crippen LogP contribution in [0.1, 0.15) is 31.7 Å². The molecule has 1 aliphatic rings. The van der Waals surface area contributed by atoms with E-state index in [2.05, 4.69) is 16.8 Å². The molecule has 0 radical (unpaired) electrons. The summed E-state index contributed by atoms with van der Waals surface area (Å²) in [6.45, 7) is 3.70. The van der Waals surface area contributed by atoms with Gasteiger partial charge in [0, 0.05) is 18.0 Å². The number of nitrogens with one attached hydrogen (secondary N) is 1. The van der Waals surface area contributed by atoms with Crippen molar-refractivity contribution in [2.24, 2.45) is 0 Å². The number of para-hydroxylation sites is 1. The van der Waals surface area contributed by atoms with Crippen molar-refractivity contribution < 1.29 is 5.11 Å². The van der Waals surface area contributed by atoms with Crippen LogP contribution in [0.4, 0.5) is 0 Å². The van der Waals surface area contributed by atoms with E-state index in [1.54, 1.807) is 0 Å². The highest BCUT2D eigenvalue weighted by Crippen LogP contribution is 2.27. The zero-order valence-corrected chi connectivity index (χ0v) is 11.7. The van der Waals surface area contributed by atoms with Crippen molar-refractivity contribution in [3.8, 4) is 5.75 Å². The van der Waals surface area contributed by atoms with Gasteiger partial charge in [-0.05, 0) is 38.4 Å². The van der Waals surface area contributed by atoms with Gasteiger partial charge in [-0.2, -0.15) is 0 Å². The Balaban J connectivity index is 2.00. The fourth-order valence-electron chi connectivity index (χ4n) is 3.01. The van der Waals surface area contributed by atoms with Crippen molar-refractivity contribution in [2.45, 2.75) is 38.8 Å². The van der Waals surface area contributed by atoms with Crippen LogP contribution in [0.5, 0.6) is 5.75 Å². The molecule has 0 bridgehead atoms. The summed E-state index contributed by atoms with van der Waals surface area (Å²) in [5, 5.41) is 11.1. The zero-order valence-electron chi connectivity index (χ0n) is 11.7. The van der Waals surface area contributed by atoms with Crippen molar-refractivity contribution in [1.82, 2.24) is 9.88 Å². The summed E-state index contributed by atoms with van der Waals surface area (Å²) in [6.07, 6.45) is 3.57. The minimum Gasteiger partial charge on any atom is -0.507 e. The average molecular weight is 272 g/mol. The number of rotatable bonds is 2. The number of hydrogen-bond donors (Lipinski definition) is 2. The van der Waals surface area contributed by atoms with Gasteiger partial charge in [-0.1, -0.05) is 18.6 Å². The summed E-state index contributed by atoms with van der Waals surface area (Å²) >= 11 is 0. The fourth-order valence-corrected chi connectivity index (χ4v) is 3.01. The molecule has 4 heteroatoms. The van der Waals surface area contributed by atoms with Crippen LogP contribution in [-0.2, 0) is 6.54 Å². The van der Waals surface area contributed by atoms with Gasteiger partial charge >= 0.3 is 0 Å². The summed E-state index contributed by atoms with van der Waals surface area (Å²) in [6, 6.07) is 7.83. The van der Waals surface area contributed by atoms with Gasteiger partial charge in [0.25, 0.3) is 5.56 Å². The van der Waals surface area contributed by atoms with Gasteiger partial charge in [0.15, 0.2) is 0 Å². The number of benzene rings is 1. The summed E-state index contributed by atoms with van der Waals surface area (Å²) in [4.78, 5) is 17.3. The lowest BCUT2D eigenvalue weighted by atomic mass is 10.0. The zero-order chi connectivity index (χ0) is 14.1. The fraction of sp³-hybridized carbons (Fsp3) is 0.438. The van der Waals surface area contributed by atoms with Crippen LogP contribution in [0.2, 0.25) is 0 Å². The number of hydrogen-bond acceptors (Lipinski definition) is 3. The molecule has 1 aromatic carbocycles.